The second kappa shape index (κ2) is 11.2. The van der Waals surface area contributed by atoms with E-state index in [0.29, 0.717) is 0 Å². The molecule has 0 aromatic carbocycles. The van der Waals surface area contributed by atoms with Gasteiger partial charge in [0.15, 0.2) is 29.6 Å². The number of ether oxygens (including phenoxy) is 2. The van der Waals surface area contributed by atoms with Gasteiger partial charge in [-0.15, -0.1) is 0 Å². The molecule has 0 radical (unpaired) electrons. The van der Waals surface area contributed by atoms with Gasteiger partial charge in [0.2, 0.25) is 5.95 Å². The minimum Gasteiger partial charge on any atom is -0.394 e. The van der Waals surface area contributed by atoms with Gasteiger partial charge in [-0.1, -0.05) is 0 Å². The molecule has 39 heavy (non-hydrogen) atoms. The number of hydrogen-bond donors (Lipinski definition) is 10. The first-order chi connectivity index (χ1) is 18.1. The molecule has 0 bridgehead atoms. The lowest BCUT2D eigenvalue weighted by Crippen LogP contribution is -2.58. The molecule has 0 saturated carbocycles. The summed E-state index contributed by atoms with van der Waals surface area (Å²) in [4.78, 5) is 42.2. The number of anilines is 1. The number of nitrogens with two attached hydrogens (primary N) is 1. The number of hydrogen-bond acceptors (Lipinski definition) is 16. The molecule has 11 atom stereocenters. The molecule has 4 rings (SSSR count). The van der Waals surface area contributed by atoms with Gasteiger partial charge < -0.3 is 60.2 Å². The predicted molar refractivity (Wildman–Crippen MR) is 124 cm³/mol. The summed E-state index contributed by atoms with van der Waals surface area (Å²) in [5.41, 5.74) is 4.62. The average molecular weight is 603 g/mol. The Morgan fingerprint density at radius 3 is 2.33 bits per heavy atom. The molecule has 2 aromatic heterocycles. The van der Waals surface area contributed by atoms with Crippen LogP contribution in [0.25, 0.3) is 11.2 Å². The van der Waals surface area contributed by atoms with Crippen molar-refractivity contribution in [3.63, 3.8) is 0 Å². The Kier molecular flexibility index (Phi) is 8.63. The summed E-state index contributed by atoms with van der Waals surface area (Å²) in [5.74, 6) is -1.80. The molecule has 0 spiro atoms. The lowest BCUT2D eigenvalue weighted by atomic mass is 10.00. The molecule has 11 N–H and O–H groups in total. The second-order valence-electron chi connectivity index (χ2n) is 8.84. The highest BCUT2D eigenvalue weighted by Gasteiger charge is 2.49. The van der Waals surface area contributed by atoms with Crippen LogP contribution in [0.4, 0.5) is 5.95 Å². The Balaban J connectivity index is 1.39. The maximum Gasteiger partial charge on any atom is 0.342 e. The third-order valence-electron chi connectivity index (χ3n) is 5.98. The Morgan fingerprint density at radius 1 is 1.00 bits per heavy atom. The van der Waals surface area contributed by atoms with E-state index >= 15 is 0 Å². The van der Waals surface area contributed by atoms with E-state index in [4.69, 9.17) is 19.7 Å². The lowest BCUT2D eigenvalue weighted by molar-refractivity contribution is -0.278. The molecule has 2 aliphatic rings. The normalized spacial score (nSPS) is 36.6. The van der Waals surface area contributed by atoms with Crippen LogP contribution >= 0.6 is 15.2 Å². The van der Waals surface area contributed by atoms with Crippen LogP contribution in [-0.2, 0) is 27.7 Å². The standard InChI is InChI=1S/C17H27N5O15P2/c18-17-20-13-7(14(29)21-17)19-3-22(13)15-11(27)9(25)6(35-15)2-34-38(30,31)4-39(32,33)37-16-12(28)10(26)8(24)5(1-23)36-16/h3,5-6,8-12,15-16,23-28H,1-2,4H2,(H,30,31)(H,32,33)(H3,18,20,21,29)/t5-,6-,8-,9-,10+,11-,12-,15?,16?/m1/s1. The van der Waals surface area contributed by atoms with E-state index in [0.717, 1.165) is 10.9 Å². The summed E-state index contributed by atoms with van der Waals surface area (Å²) < 4.78 is 46.0. The first-order valence-electron chi connectivity index (χ1n) is 11.1. The number of aromatic nitrogens is 4. The SMILES string of the molecule is Nc1nc2c(ncn2C2O[C@H](COP(=O)(O)CP(=O)(O)OC3O[C@H](CO)[C@@H](O)[C@H](O)[C@H]3O)[C@@H](O)[C@H]2O)c(=O)[nH]1. The molecule has 2 aliphatic heterocycles. The van der Waals surface area contributed by atoms with Crippen LogP contribution in [0.3, 0.4) is 0 Å². The van der Waals surface area contributed by atoms with Crippen molar-refractivity contribution in [3.8, 4) is 0 Å². The first-order valence-corrected chi connectivity index (χ1v) is 14.7. The number of H-pyrrole nitrogens is 1. The minimum atomic E-state index is -5.10. The number of nitrogens with one attached hydrogen (secondary N) is 1. The number of nitrogens with zero attached hydrogens (tertiary/aromatic N) is 3. The van der Waals surface area contributed by atoms with Crippen molar-refractivity contribution in [3.05, 3.63) is 16.7 Å². The highest BCUT2D eigenvalue weighted by molar-refractivity contribution is 7.70. The molecule has 20 nitrogen and oxygen atoms in total. The lowest BCUT2D eigenvalue weighted by Gasteiger charge is -2.39. The highest BCUT2D eigenvalue weighted by Crippen LogP contribution is 2.59. The van der Waals surface area contributed by atoms with Crippen molar-refractivity contribution < 1.29 is 68.1 Å². The maximum atomic E-state index is 12.5. The number of aliphatic hydroxyl groups is 6. The van der Waals surface area contributed by atoms with Gasteiger partial charge in [0.05, 0.1) is 19.5 Å². The fourth-order valence-corrected chi connectivity index (χ4v) is 7.31. The van der Waals surface area contributed by atoms with Crippen molar-refractivity contribution in [2.24, 2.45) is 0 Å². The number of imidazole rings is 1. The van der Waals surface area contributed by atoms with Crippen molar-refractivity contribution in [1.82, 2.24) is 19.5 Å². The summed E-state index contributed by atoms with van der Waals surface area (Å²) >= 11 is 0. The summed E-state index contributed by atoms with van der Waals surface area (Å²) in [6.45, 7) is -1.72. The molecule has 4 heterocycles. The van der Waals surface area contributed by atoms with Crippen molar-refractivity contribution >= 4 is 32.3 Å². The molecule has 0 aliphatic carbocycles. The quantitative estimate of drug-likeness (QED) is 0.121. The van der Waals surface area contributed by atoms with Gasteiger partial charge in [-0.05, 0) is 0 Å². The molecular formula is C17H27N5O15P2. The Labute approximate surface area is 217 Å². The molecule has 4 unspecified atom stereocenters. The van der Waals surface area contributed by atoms with Crippen LogP contribution < -0.4 is 11.3 Å². The largest absolute Gasteiger partial charge is 0.394 e. The van der Waals surface area contributed by atoms with E-state index in [1.165, 1.54) is 0 Å². The number of aromatic amines is 1. The molecule has 0 amide bonds. The van der Waals surface area contributed by atoms with Gasteiger partial charge in [0.25, 0.3) is 5.56 Å². The molecule has 2 fully saturated rings. The molecular weight excluding hydrogens is 576 g/mol. The monoisotopic (exact) mass is 603 g/mol. The van der Waals surface area contributed by atoms with E-state index in [-0.39, 0.29) is 17.1 Å². The summed E-state index contributed by atoms with van der Waals surface area (Å²) in [6.07, 6.45) is -14.4. The molecule has 220 valence electrons. The average Bonchev–Trinajstić information content (AvgIpc) is 3.38. The topological polar surface area (TPSA) is 322 Å². The van der Waals surface area contributed by atoms with Gasteiger partial charge in [0.1, 0.15) is 42.7 Å². The van der Waals surface area contributed by atoms with Crippen LogP contribution in [0.15, 0.2) is 11.1 Å². The number of fused-ring (bicyclic) bond motifs is 1. The van der Waals surface area contributed by atoms with Crippen molar-refractivity contribution in [2.45, 2.75) is 55.2 Å². The predicted octanol–water partition coefficient (Wildman–Crippen LogP) is -4.52. The number of nitrogen functional groups attached to an aromatic ring is 1. The zero-order valence-corrected chi connectivity index (χ0v) is 21.4. The van der Waals surface area contributed by atoms with Gasteiger partial charge >= 0.3 is 15.2 Å². The Morgan fingerprint density at radius 2 is 1.67 bits per heavy atom. The highest BCUT2D eigenvalue weighted by atomic mass is 31.2. The number of aliphatic hydroxyl groups excluding tert-OH is 6. The zero-order chi connectivity index (χ0) is 28.9. The van der Waals surface area contributed by atoms with Crippen LogP contribution in [0.1, 0.15) is 6.23 Å². The first kappa shape index (κ1) is 30.1. The molecule has 22 heteroatoms. The van der Waals surface area contributed by atoms with Crippen LogP contribution in [0.2, 0.25) is 0 Å². The fourth-order valence-electron chi connectivity index (χ4n) is 4.03. The summed E-state index contributed by atoms with van der Waals surface area (Å²) in [5, 5.41) is 59.5. The smallest absolute Gasteiger partial charge is 0.342 e. The van der Waals surface area contributed by atoms with Crippen molar-refractivity contribution in [1.29, 1.82) is 0 Å². The molecule has 2 aromatic rings. The van der Waals surface area contributed by atoms with Gasteiger partial charge in [-0.25, -0.2) is 4.98 Å². The van der Waals surface area contributed by atoms with Crippen LogP contribution in [-0.4, -0.2) is 128 Å². The molecule has 2 saturated heterocycles. The Hall–Kier alpha value is -1.87. The van der Waals surface area contributed by atoms with E-state index in [1.807, 2.05) is 0 Å². The third-order valence-corrected chi connectivity index (χ3v) is 9.93. The summed E-state index contributed by atoms with van der Waals surface area (Å²) in [7, 11) is -10.1. The van der Waals surface area contributed by atoms with Crippen molar-refractivity contribution in [2.75, 3.05) is 24.9 Å². The van der Waals surface area contributed by atoms with E-state index in [1.54, 1.807) is 0 Å². The zero-order valence-electron chi connectivity index (χ0n) is 19.6. The Bertz CT molecular complexity index is 1340. The third kappa shape index (κ3) is 6.24. The number of rotatable bonds is 9. The fraction of sp³-hybridized carbons (Fsp3) is 0.706. The van der Waals surface area contributed by atoms with Crippen LogP contribution in [0.5, 0.6) is 0 Å². The van der Waals surface area contributed by atoms with E-state index < -0.39 is 95.1 Å². The second-order valence-corrected chi connectivity index (χ2v) is 13.0. The summed E-state index contributed by atoms with van der Waals surface area (Å²) in [6, 6.07) is 0. The van der Waals surface area contributed by atoms with Gasteiger partial charge in [-0.2, -0.15) is 4.98 Å². The maximum absolute atomic E-state index is 12.5. The van der Waals surface area contributed by atoms with Crippen LogP contribution in [0, 0.1) is 0 Å². The van der Waals surface area contributed by atoms with Gasteiger partial charge in [-0.3, -0.25) is 28.0 Å². The van der Waals surface area contributed by atoms with E-state index in [2.05, 4.69) is 19.5 Å². The minimum absolute atomic E-state index is 0.0894. The van der Waals surface area contributed by atoms with Gasteiger partial charge in [0, 0.05) is 0 Å². The van der Waals surface area contributed by atoms with E-state index in [9.17, 15) is 54.4 Å².